The topological polar surface area (TPSA) is 92.4 Å². The molecule has 0 saturated heterocycles. The van der Waals surface area contributed by atoms with Crippen LogP contribution in [0, 0.1) is 0 Å². The number of nitrogens with one attached hydrogen (secondary N) is 1. The number of nitrogens with two attached hydrogens (primary N) is 1. The fourth-order valence-electron chi connectivity index (χ4n) is 0.938. The molecule has 4 N–H and O–H groups in total. The molecule has 5 heteroatoms. The molecule has 0 radical (unpaired) electrons. The molecule has 1 amide bonds. The van der Waals surface area contributed by atoms with Gasteiger partial charge in [0.25, 0.3) is 0 Å². The van der Waals surface area contributed by atoms with E-state index in [0.29, 0.717) is 6.04 Å². The molecule has 0 aromatic carbocycles. The normalized spacial score (nSPS) is 17.9. The van der Waals surface area contributed by atoms with Crippen LogP contribution in [0.25, 0.3) is 0 Å². The van der Waals surface area contributed by atoms with Crippen LogP contribution in [0.1, 0.15) is 25.7 Å². The Morgan fingerprint density at radius 3 is 2.62 bits per heavy atom. The molecule has 1 atom stereocenters. The lowest BCUT2D eigenvalue weighted by atomic mass is 10.1. The SMILES string of the molecule is NC(CCC(=O)NC1CC1)C(=O)O. The van der Waals surface area contributed by atoms with E-state index in [1.54, 1.807) is 0 Å². The van der Waals surface area contributed by atoms with Crippen molar-refractivity contribution >= 4 is 11.9 Å². The third-order valence-corrected chi connectivity index (χ3v) is 1.94. The summed E-state index contributed by atoms with van der Waals surface area (Å²) in [6, 6.07) is -0.599. The number of amides is 1. The predicted octanol–water partition coefficient (Wildman–Crippen LogP) is -0.543. The van der Waals surface area contributed by atoms with E-state index in [0.717, 1.165) is 12.8 Å². The van der Waals surface area contributed by atoms with Crippen LogP contribution in [0.4, 0.5) is 0 Å². The fourth-order valence-corrected chi connectivity index (χ4v) is 0.938. The molecule has 1 aliphatic carbocycles. The van der Waals surface area contributed by atoms with Crippen molar-refractivity contribution in [1.29, 1.82) is 0 Å². The molecule has 1 aliphatic rings. The van der Waals surface area contributed by atoms with Crippen molar-refractivity contribution < 1.29 is 14.7 Å². The van der Waals surface area contributed by atoms with E-state index >= 15 is 0 Å². The molecule has 0 aromatic heterocycles. The maximum Gasteiger partial charge on any atom is 0.320 e. The molecular formula is C8H14N2O3. The summed E-state index contributed by atoms with van der Waals surface area (Å²) >= 11 is 0. The molecular weight excluding hydrogens is 172 g/mol. The summed E-state index contributed by atoms with van der Waals surface area (Å²) in [7, 11) is 0. The van der Waals surface area contributed by atoms with Gasteiger partial charge in [-0.15, -0.1) is 0 Å². The molecule has 1 fully saturated rings. The van der Waals surface area contributed by atoms with Gasteiger partial charge in [0, 0.05) is 12.5 Å². The number of carbonyl (C=O) groups is 2. The Morgan fingerprint density at radius 1 is 1.54 bits per heavy atom. The maximum absolute atomic E-state index is 11.1. The van der Waals surface area contributed by atoms with Gasteiger partial charge in [-0.05, 0) is 19.3 Å². The summed E-state index contributed by atoms with van der Waals surface area (Å²) in [6.45, 7) is 0. The van der Waals surface area contributed by atoms with Crippen molar-refractivity contribution in [3.8, 4) is 0 Å². The lowest BCUT2D eigenvalue weighted by Gasteiger charge is -2.05. The lowest BCUT2D eigenvalue weighted by molar-refractivity contribution is -0.138. The largest absolute Gasteiger partial charge is 0.480 e. The minimum atomic E-state index is -1.06. The van der Waals surface area contributed by atoms with Gasteiger partial charge in [-0.25, -0.2) is 0 Å². The summed E-state index contributed by atoms with van der Waals surface area (Å²) < 4.78 is 0. The van der Waals surface area contributed by atoms with Crippen molar-refractivity contribution in [3.63, 3.8) is 0 Å². The molecule has 1 unspecified atom stereocenters. The Bertz CT molecular complexity index is 213. The first-order valence-corrected chi connectivity index (χ1v) is 4.37. The van der Waals surface area contributed by atoms with Crippen LogP contribution in [-0.2, 0) is 9.59 Å². The Kier molecular flexibility index (Phi) is 3.25. The van der Waals surface area contributed by atoms with Gasteiger partial charge in [0.05, 0.1) is 0 Å². The second-order valence-corrected chi connectivity index (χ2v) is 3.33. The Labute approximate surface area is 76.3 Å². The van der Waals surface area contributed by atoms with E-state index < -0.39 is 12.0 Å². The van der Waals surface area contributed by atoms with E-state index in [4.69, 9.17) is 10.8 Å². The zero-order valence-corrected chi connectivity index (χ0v) is 7.32. The molecule has 13 heavy (non-hydrogen) atoms. The first-order valence-electron chi connectivity index (χ1n) is 4.37. The number of carboxylic acids is 1. The Hall–Kier alpha value is -1.10. The highest BCUT2D eigenvalue weighted by Gasteiger charge is 2.23. The molecule has 1 rings (SSSR count). The van der Waals surface area contributed by atoms with E-state index in [-0.39, 0.29) is 18.7 Å². The van der Waals surface area contributed by atoms with Gasteiger partial charge in [0.2, 0.25) is 5.91 Å². The molecule has 0 bridgehead atoms. The van der Waals surface area contributed by atoms with E-state index in [9.17, 15) is 9.59 Å². The average Bonchev–Trinajstić information content (AvgIpc) is 2.83. The molecule has 74 valence electrons. The first kappa shape index (κ1) is 9.98. The smallest absolute Gasteiger partial charge is 0.320 e. The zero-order valence-electron chi connectivity index (χ0n) is 7.32. The standard InChI is InChI=1S/C8H14N2O3/c9-6(8(12)13)3-4-7(11)10-5-1-2-5/h5-6H,1-4,9H2,(H,10,11)(H,12,13). The van der Waals surface area contributed by atoms with Crippen LogP contribution in [0.3, 0.4) is 0 Å². The number of rotatable bonds is 5. The highest BCUT2D eigenvalue weighted by atomic mass is 16.4. The average molecular weight is 186 g/mol. The quantitative estimate of drug-likeness (QED) is 0.537. The number of hydrogen-bond donors (Lipinski definition) is 3. The maximum atomic E-state index is 11.1. The van der Waals surface area contributed by atoms with Crippen LogP contribution in [-0.4, -0.2) is 29.1 Å². The summed E-state index contributed by atoms with van der Waals surface area (Å²) in [5.74, 6) is -1.15. The monoisotopic (exact) mass is 186 g/mol. The van der Waals surface area contributed by atoms with Crippen molar-refractivity contribution in [2.75, 3.05) is 0 Å². The van der Waals surface area contributed by atoms with Crippen molar-refractivity contribution in [2.24, 2.45) is 5.73 Å². The third kappa shape index (κ3) is 3.89. The van der Waals surface area contributed by atoms with Crippen molar-refractivity contribution in [1.82, 2.24) is 5.32 Å². The van der Waals surface area contributed by atoms with E-state index in [2.05, 4.69) is 5.32 Å². The molecule has 5 nitrogen and oxygen atoms in total. The van der Waals surface area contributed by atoms with Gasteiger partial charge < -0.3 is 16.2 Å². The van der Waals surface area contributed by atoms with E-state index in [1.165, 1.54) is 0 Å². The molecule has 0 heterocycles. The Balaban J connectivity index is 2.09. The minimum Gasteiger partial charge on any atom is -0.480 e. The van der Waals surface area contributed by atoms with Gasteiger partial charge in [0.1, 0.15) is 6.04 Å². The fraction of sp³-hybridized carbons (Fsp3) is 0.750. The number of aliphatic carboxylic acids is 1. The highest BCUT2D eigenvalue weighted by molar-refractivity contribution is 5.78. The van der Waals surface area contributed by atoms with Crippen molar-refractivity contribution in [3.05, 3.63) is 0 Å². The number of carboxylic acid groups (broad SMARTS) is 1. The first-order chi connectivity index (χ1) is 6.09. The van der Waals surface area contributed by atoms with Gasteiger partial charge >= 0.3 is 5.97 Å². The summed E-state index contributed by atoms with van der Waals surface area (Å²) in [4.78, 5) is 21.4. The zero-order chi connectivity index (χ0) is 9.84. The summed E-state index contributed by atoms with van der Waals surface area (Å²) in [5, 5.41) is 11.2. The van der Waals surface area contributed by atoms with E-state index in [1.807, 2.05) is 0 Å². The number of carbonyl (C=O) groups excluding carboxylic acids is 1. The highest BCUT2D eigenvalue weighted by Crippen LogP contribution is 2.18. The van der Waals surface area contributed by atoms with Gasteiger partial charge in [0.15, 0.2) is 0 Å². The predicted molar refractivity (Wildman–Crippen MR) is 46.0 cm³/mol. The molecule has 0 spiro atoms. The second-order valence-electron chi connectivity index (χ2n) is 3.33. The minimum absolute atomic E-state index is 0.0980. The van der Waals surface area contributed by atoms with Crippen LogP contribution >= 0.6 is 0 Å². The van der Waals surface area contributed by atoms with Crippen LogP contribution < -0.4 is 11.1 Å². The van der Waals surface area contributed by atoms with Gasteiger partial charge in [-0.2, -0.15) is 0 Å². The Morgan fingerprint density at radius 2 is 2.15 bits per heavy atom. The second kappa shape index (κ2) is 4.23. The third-order valence-electron chi connectivity index (χ3n) is 1.94. The number of hydrogen-bond acceptors (Lipinski definition) is 3. The van der Waals surface area contributed by atoms with Gasteiger partial charge in [-0.1, -0.05) is 0 Å². The lowest BCUT2D eigenvalue weighted by Crippen LogP contribution is -2.33. The van der Waals surface area contributed by atoms with Crippen molar-refractivity contribution in [2.45, 2.75) is 37.8 Å². The molecule has 0 aromatic rings. The molecule has 1 saturated carbocycles. The van der Waals surface area contributed by atoms with Crippen LogP contribution in [0.5, 0.6) is 0 Å². The van der Waals surface area contributed by atoms with Gasteiger partial charge in [-0.3, -0.25) is 9.59 Å². The summed E-state index contributed by atoms with van der Waals surface area (Å²) in [6.07, 6.45) is 2.48. The van der Waals surface area contributed by atoms with Crippen LogP contribution in [0.2, 0.25) is 0 Å². The van der Waals surface area contributed by atoms with Crippen LogP contribution in [0.15, 0.2) is 0 Å². The molecule has 0 aliphatic heterocycles. The summed E-state index contributed by atoms with van der Waals surface area (Å²) in [5.41, 5.74) is 5.23.